The Kier molecular flexibility index (Phi) is 5.80. The van der Waals surface area contributed by atoms with Gasteiger partial charge < -0.3 is 29.2 Å². The van der Waals surface area contributed by atoms with E-state index in [-0.39, 0.29) is 18.1 Å². The van der Waals surface area contributed by atoms with E-state index in [2.05, 4.69) is 4.90 Å². The van der Waals surface area contributed by atoms with Gasteiger partial charge in [-0.3, -0.25) is 4.79 Å². The third kappa shape index (κ3) is 4.69. The maximum absolute atomic E-state index is 12.4. The number of benzene rings is 2. The summed E-state index contributed by atoms with van der Waals surface area (Å²) >= 11 is 0. The van der Waals surface area contributed by atoms with Gasteiger partial charge in [0.05, 0.1) is 13.1 Å². The highest BCUT2D eigenvalue weighted by atomic mass is 16.5. The van der Waals surface area contributed by atoms with Gasteiger partial charge in [0.15, 0.2) is 6.61 Å². The molecule has 3 rings (SSSR count). The summed E-state index contributed by atoms with van der Waals surface area (Å²) in [4.78, 5) is 27.1. The summed E-state index contributed by atoms with van der Waals surface area (Å²) in [5.74, 6) is 0.0189. The summed E-state index contributed by atoms with van der Waals surface area (Å²) < 4.78 is 10.7. The third-order valence-corrected chi connectivity index (χ3v) is 4.50. The molecule has 1 aliphatic rings. The van der Waals surface area contributed by atoms with Gasteiger partial charge in [-0.1, -0.05) is 18.2 Å². The largest absolute Gasteiger partial charge is 0.545 e. The smallest absolute Gasteiger partial charge is 0.260 e. The molecule has 1 heterocycles. The zero-order valence-corrected chi connectivity index (χ0v) is 15.1. The molecule has 0 aliphatic carbocycles. The van der Waals surface area contributed by atoms with Crippen molar-refractivity contribution >= 4 is 17.6 Å². The number of carbonyl (C=O) groups excluding carboxylic acids is 2. The molecule has 1 saturated heterocycles. The Labute approximate surface area is 157 Å². The first-order valence-corrected chi connectivity index (χ1v) is 8.68. The molecule has 27 heavy (non-hydrogen) atoms. The number of amides is 1. The second-order valence-electron chi connectivity index (χ2n) is 6.17. The van der Waals surface area contributed by atoms with Crippen LogP contribution < -0.4 is 19.5 Å². The Morgan fingerprint density at radius 1 is 1.00 bits per heavy atom. The van der Waals surface area contributed by atoms with Crippen LogP contribution in [0.15, 0.2) is 48.5 Å². The number of aromatic carboxylic acids is 1. The number of methoxy groups -OCH3 is 1. The molecule has 0 spiro atoms. The second-order valence-corrected chi connectivity index (χ2v) is 6.17. The van der Waals surface area contributed by atoms with Crippen molar-refractivity contribution in [2.45, 2.75) is 0 Å². The van der Waals surface area contributed by atoms with Crippen LogP contribution in [0.25, 0.3) is 0 Å². The molecule has 1 amide bonds. The summed E-state index contributed by atoms with van der Waals surface area (Å²) in [5.41, 5.74) is 1.09. The fraction of sp³-hybridized carbons (Fsp3) is 0.300. The normalized spacial score (nSPS) is 14.0. The molecule has 0 aromatic heterocycles. The van der Waals surface area contributed by atoms with Crippen LogP contribution in [0.5, 0.6) is 11.5 Å². The fourth-order valence-electron chi connectivity index (χ4n) is 2.95. The van der Waals surface area contributed by atoms with E-state index >= 15 is 0 Å². The topological polar surface area (TPSA) is 82.1 Å². The minimum atomic E-state index is -1.19. The molecule has 1 aliphatic heterocycles. The lowest BCUT2D eigenvalue weighted by atomic mass is 10.2. The van der Waals surface area contributed by atoms with Crippen LogP contribution in [0.2, 0.25) is 0 Å². The summed E-state index contributed by atoms with van der Waals surface area (Å²) in [6.45, 7) is 2.50. The number of nitrogens with zero attached hydrogens (tertiary/aromatic N) is 2. The summed E-state index contributed by atoms with van der Waals surface area (Å²) in [6.07, 6.45) is 0. The van der Waals surface area contributed by atoms with E-state index < -0.39 is 5.97 Å². The number of hydrogen-bond acceptors (Lipinski definition) is 6. The van der Waals surface area contributed by atoms with Gasteiger partial charge in [-0.05, 0) is 29.8 Å². The highest BCUT2D eigenvalue weighted by molar-refractivity contribution is 5.86. The van der Waals surface area contributed by atoms with Crippen LogP contribution in [0.3, 0.4) is 0 Å². The molecule has 0 radical (unpaired) electrons. The lowest BCUT2D eigenvalue weighted by Crippen LogP contribution is -2.50. The van der Waals surface area contributed by atoms with Gasteiger partial charge in [0.2, 0.25) is 0 Å². The number of piperazine rings is 1. The monoisotopic (exact) mass is 369 g/mol. The van der Waals surface area contributed by atoms with Crippen molar-refractivity contribution in [2.24, 2.45) is 0 Å². The van der Waals surface area contributed by atoms with E-state index in [1.807, 2.05) is 12.1 Å². The minimum absolute atomic E-state index is 0.0204. The van der Waals surface area contributed by atoms with Crippen molar-refractivity contribution in [1.82, 2.24) is 4.90 Å². The Morgan fingerprint density at radius 3 is 2.30 bits per heavy atom. The average Bonchev–Trinajstić information content (AvgIpc) is 2.72. The number of ether oxygens (including phenoxy) is 2. The summed E-state index contributed by atoms with van der Waals surface area (Å²) in [7, 11) is 1.58. The number of carboxylic acids is 1. The highest BCUT2D eigenvalue weighted by Crippen LogP contribution is 2.20. The molecule has 2 aromatic rings. The van der Waals surface area contributed by atoms with Crippen LogP contribution in [-0.2, 0) is 4.79 Å². The van der Waals surface area contributed by atoms with Crippen LogP contribution in [0.1, 0.15) is 10.4 Å². The predicted molar refractivity (Wildman–Crippen MR) is 98.1 cm³/mol. The number of anilines is 1. The molecule has 7 heteroatoms. The maximum Gasteiger partial charge on any atom is 0.260 e. The van der Waals surface area contributed by atoms with Crippen LogP contribution in [-0.4, -0.2) is 56.7 Å². The SMILES string of the molecule is COc1cccc(OCC(=O)N2CCN(c3ccc(C(=O)[O-])cc3)CC2)c1. The molecular formula is C20H21N2O5-. The Bertz CT molecular complexity index is 798. The van der Waals surface area contributed by atoms with Crippen molar-refractivity contribution in [3.8, 4) is 11.5 Å². The van der Waals surface area contributed by atoms with Crippen LogP contribution in [0.4, 0.5) is 5.69 Å². The summed E-state index contributed by atoms with van der Waals surface area (Å²) in [6, 6.07) is 13.7. The van der Waals surface area contributed by atoms with Crippen molar-refractivity contribution in [1.29, 1.82) is 0 Å². The van der Waals surface area contributed by atoms with Crippen molar-refractivity contribution in [3.05, 3.63) is 54.1 Å². The molecular weight excluding hydrogens is 348 g/mol. The fourth-order valence-corrected chi connectivity index (χ4v) is 2.95. The first kappa shape index (κ1) is 18.6. The third-order valence-electron chi connectivity index (χ3n) is 4.50. The zero-order valence-electron chi connectivity index (χ0n) is 15.1. The van der Waals surface area contributed by atoms with Gasteiger partial charge in [-0.2, -0.15) is 0 Å². The van der Waals surface area contributed by atoms with Crippen LogP contribution in [0, 0.1) is 0 Å². The van der Waals surface area contributed by atoms with Gasteiger partial charge >= 0.3 is 0 Å². The van der Waals surface area contributed by atoms with Crippen molar-refractivity contribution in [2.75, 3.05) is 44.8 Å². The van der Waals surface area contributed by atoms with E-state index in [9.17, 15) is 14.7 Å². The van der Waals surface area contributed by atoms with Crippen molar-refractivity contribution < 1.29 is 24.2 Å². The quantitative estimate of drug-likeness (QED) is 0.749. The molecule has 0 atom stereocenters. The van der Waals surface area contributed by atoms with Gasteiger partial charge in [0.25, 0.3) is 5.91 Å². The first-order valence-electron chi connectivity index (χ1n) is 8.68. The van der Waals surface area contributed by atoms with Gasteiger partial charge in [-0.25, -0.2) is 0 Å². The van der Waals surface area contributed by atoms with E-state index in [0.29, 0.717) is 37.7 Å². The minimum Gasteiger partial charge on any atom is -0.545 e. The Morgan fingerprint density at radius 2 is 1.67 bits per heavy atom. The highest BCUT2D eigenvalue weighted by Gasteiger charge is 2.21. The molecule has 0 bridgehead atoms. The second kappa shape index (κ2) is 8.44. The lowest BCUT2D eigenvalue weighted by molar-refractivity contribution is -0.255. The number of carbonyl (C=O) groups is 2. The van der Waals surface area contributed by atoms with E-state index in [1.165, 1.54) is 12.1 Å². The predicted octanol–water partition coefficient (Wildman–Crippen LogP) is 0.786. The molecule has 0 saturated carbocycles. The van der Waals surface area contributed by atoms with E-state index in [0.717, 1.165) is 5.69 Å². The van der Waals surface area contributed by atoms with Gasteiger partial charge in [0, 0.05) is 37.9 Å². The number of hydrogen-bond donors (Lipinski definition) is 0. The molecule has 1 fully saturated rings. The first-order chi connectivity index (χ1) is 13.1. The molecule has 7 nitrogen and oxygen atoms in total. The van der Waals surface area contributed by atoms with Crippen LogP contribution >= 0.6 is 0 Å². The van der Waals surface area contributed by atoms with Gasteiger partial charge in [0.1, 0.15) is 11.5 Å². The Balaban J connectivity index is 1.49. The standard InChI is InChI=1S/C20H22N2O5/c1-26-17-3-2-4-18(13-17)27-14-19(23)22-11-9-21(10-12-22)16-7-5-15(6-8-16)20(24)25/h2-8,13H,9-12,14H2,1H3,(H,24,25)/p-1. The van der Waals surface area contributed by atoms with Gasteiger partial charge in [-0.15, -0.1) is 0 Å². The molecule has 0 unspecified atom stereocenters. The van der Waals surface area contributed by atoms with Crippen molar-refractivity contribution in [3.63, 3.8) is 0 Å². The molecule has 0 N–H and O–H groups in total. The van der Waals surface area contributed by atoms with E-state index in [1.54, 1.807) is 36.3 Å². The molecule has 2 aromatic carbocycles. The lowest BCUT2D eigenvalue weighted by Gasteiger charge is -2.36. The average molecular weight is 369 g/mol. The van der Waals surface area contributed by atoms with E-state index in [4.69, 9.17) is 9.47 Å². The maximum atomic E-state index is 12.4. The zero-order chi connectivity index (χ0) is 19.2. The summed E-state index contributed by atoms with van der Waals surface area (Å²) in [5, 5.41) is 10.8. The molecule has 142 valence electrons. The number of rotatable bonds is 6. The number of carboxylic acid groups (broad SMARTS) is 1. The Hall–Kier alpha value is -3.22.